The van der Waals surface area contributed by atoms with E-state index >= 15 is 0 Å². The van der Waals surface area contributed by atoms with Crippen LogP contribution in [-0.4, -0.2) is 82.3 Å². The van der Waals surface area contributed by atoms with Crippen molar-refractivity contribution in [2.75, 3.05) is 47.5 Å². The molecule has 0 aliphatic carbocycles. The molecule has 0 aromatic rings. The van der Waals surface area contributed by atoms with Gasteiger partial charge in [0, 0.05) is 12.8 Å². The van der Waals surface area contributed by atoms with Gasteiger partial charge in [-0.15, -0.1) is 0 Å². The molecule has 0 radical (unpaired) electrons. The van der Waals surface area contributed by atoms with Gasteiger partial charge in [0.15, 0.2) is 12.4 Å². The van der Waals surface area contributed by atoms with Crippen molar-refractivity contribution in [1.29, 1.82) is 0 Å². The van der Waals surface area contributed by atoms with Crippen molar-refractivity contribution in [2.24, 2.45) is 0 Å². The first-order valence-electron chi connectivity index (χ1n) is 40.0. The number of quaternary nitrogens is 1. The molecular formula is C86H151NO8. The summed E-state index contributed by atoms with van der Waals surface area (Å²) in [7, 11) is 5.94. The molecule has 0 rings (SSSR count). The maximum atomic E-state index is 13.0. The lowest BCUT2D eigenvalue weighted by Gasteiger charge is -2.26. The first-order valence-corrected chi connectivity index (χ1v) is 40.0. The fourth-order valence-corrected chi connectivity index (χ4v) is 11.4. The molecule has 0 amide bonds. The molecule has 0 fully saturated rings. The number of allylic oxidation sites excluding steroid dienone is 18. The van der Waals surface area contributed by atoms with Crippen molar-refractivity contribution in [3.8, 4) is 0 Å². The van der Waals surface area contributed by atoms with E-state index in [-0.39, 0.29) is 32.2 Å². The average Bonchev–Trinajstić information content (AvgIpc) is 2.92. The summed E-state index contributed by atoms with van der Waals surface area (Å²) in [6.45, 7) is 4.68. The van der Waals surface area contributed by atoms with Gasteiger partial charge >= 0.3 is 11.9 Å². The smallest absolute Gasteiger partial charge is 0.306 e. The highest BCUT2D eigenvalue weighted by Crippen LogP contribution is 2.19. The molecule has 0 N–H and O–H groups in total. The van der Waals surface area contributed by atoms with E-state index in [0.29, 0.717) is 23.9 Å². The molecule has 0 spiro atoms. The Balaban J connectivity index is 4.04. The number of ether oxygens (including phenoxy) is 4. The highest BCUT2D eigenvalue weighted by Gasteiger charge is 2.22. The third-order valence-corrected chi connectivity index (χ3v) is 17.5. The summed E-state index contributed by atoms with van der Waals surface area (Å²) in [6.07, 6.45) is 103. The Hall–Kier alpha value is -4.05. The van der Waals surface area contributed by atoms with Crippen LogP contribution in [0.15, 0.2) is 109 Å². The molecule has 0 saturated carbocycles. The minimum absolute atomic E-state index is 0.146. The van der Waals surface area contributed by atoms with Gasteiger partial charge in [-0.1, -0.05) is 354 Å². The first-order chi connectivity index (χ1) is 46.6. The molecule has 2 unspecified atom stereocenters. The molecule has 0 aromatic heterocycles. The molecule has 548 valence electrons. The summed E-state index contributed by atoms with van der Waals surface area (Å²) in [6, 6.07) is 0. The van der Waals surface area contributed by atoms with E-state index in [9.17, 15) is 19.5 Å². The van der Waals surface area contributed by atoms with Gasteiger partial charge in [0.05, 0.1) is 40.3 Å². The van der Waals surface area contributed by atoms with E-state index in [0.717, 1.165) is 89.9 Å². The number of unbranched alkanes of at least 4 members (excludes halogenated alkanes) is 41. The van der Waals surface area contributed by atoms with Crippen molar-refractivity contribution in [1.82, 2.24) is 0 Å². The van der Waals surface area contributed by atoms with E-state index in [1.54, 1.807) is 0 Å². The van der Waals surface area contributed by atoms with Crippen molar-refractivity contribution >= 4 is 17.9 Å². The number of esters is 2. The minimum Gasteiger partial charge on any atom is -0.545 e. The summed E-state index contributed by atoms with van der Waals surface area (Å²) in [5, 5.41) is 11.9. The van der Waals surface area contributed by atoms with Gasteiger partial charge in [-0.05, 0) is 103 Å². The van der Waals surface area contributed by atoms with Crippen molar-refractivity contribution < 1.29 is 42.9 Å². The minimum atomic E-state index is -1.63. The normalized spacial score (nSPS) is 13.2. The fraction of sp³-hybridized carbons (Fsp3) is 0.756. The van der Waals surface area contributed by atoms with Gasteiger partial charge in [-0.25, -0.2) is 0 Å². The molecule has 9 heteroatoms. The van der Waals surface area contributed by atoms with E-state index in [2.05, 4.69) is 123 Å². The van der Waals surface area contributed by atoms with Crippen LogP contribution in [0.25, 0.3) is 0 Å². The predicted molar refractivity (Wildman–Crippen MR) is 407 cm³/mol. The number of aliphatic carboxylic acids is 1. The zero-order valence-electron chi connectivity index (χ0n) is 62.8. The quantitative estimate of drug-likeness (QED) is 0.0195. The van der Waals surface area contributed by atoms with Crippen LogP contribution in [0.4, 0.5) is 0 Å². The Kier molecular flexibility index (Phi) is 72.5. The number of likely N-dealkylation sites (N-methyl/N-ethyl adjacent to an activating group) is 1. The summed E-state index contributed by atoms with van der Waals surface area (Å²) in [4.78, 5) is 37.6. The monoisotopic (exact) mass is 1330 g/mol. The topological polar surface area (TPSA) is 111 Å². The Labute approximate surface area is 587 Å². The predicted octanol–water partition coefficient (Wildman–Crippen LogP) is 24.4. The summed E-state index contributed by atoms with van der Waals surface area (Å²) >= 11 is 0. The number of nitrogens with zero attached hydrogens (tertiary/aromatic N) is 1. The molecule has 0 aliphatic rings. The highest BCUT2D eigenvalue weighted by atomic mass is 16.7. The number of carbonyl (C=O) groups excluding carboxylic acids is 3. The van der Waals surface area contributed by atoms with Crippen LogP contribution in [0.3, 0.4) is 0 Å². The van der Waals surface area contributed by atoms with Gasteiger partial charge in [-0.2, -0.15) is 0 Å². The van der Waals surface area contributed by atoms with E-state index in [1.807, 2.05) is 21.1 Å². The lowest BCUT2D eigenvalue weighted by molar-refractivity contribution is -0.870. The van der Waals surface area contributed by atoms with Crippen LogP contribution in [0.2, 0.25) is 0 Å². The Bertz CT molecular complexity index is 1930. The number of carboxylic acids is 1. The molecule has 0 saturated heterocycles. The fourth-order valence-electron chi connectivity index (χ4n) is 11.4. The van der Waals surface area contributed by atoms with Crippen LogP contribution in [0, 0.1) is 0 Å². The average molecular weight is 1330 g/mol. The SMILES string of the molecule is CC/C=C\C/C=C\C/C=C\C/C=C\C/C=C\C/C=C\C/C=C\C/C=C\CCCCCCCCCCCCCCCCC(=O)OC(COC(=O)CCCCCCCCCCCCCCCCCCCCC/C=C\CCCCCCCCCC)COC(OCC[N+](C)(C)C)C(=O)[O-]. The zero-order valence-corrected chi connectivity index (χ0v) is 62.8. The van der Waals surface area contributed by atoms with Gasteiger partial charge < -0.3 is 33.3 Å². The van der Waals surface area contributed by atoms with Crippen LogP contribution in [0.1, 0.15) is 361 Å². The first kappa shape index (κ1) is 91.0. The molecule has 9 nitrogen and oxygen atoms in total. The molecule has 2 atom stereocenters. The third kappa shape index (κ3) is 77.2. The van der Waals surface area contributed by atoms with Gasteiger partial charge in [0.25, 0.3) is 0 Å². The largest absolute Gasteiger partial charge is 0.545 e. The van der Waals surface area contributed by atoms with Gasteiger partial charge in [-0.3, -0.25) is 9.59 Å². The maximum absolute atomic E-state index is 13.0. The second-order valence-electron chi connectivity index (χ2n) is 28.0. The van der Waals surface area contributed by atoms with Crippen LogP contribution < -0.4 is 5.11 Å². The zero-order chi connectivity index (χ0) is 69.0. The Morgan fingerprint density at radius 3 is 0.905 bits per heavy atom. The maximum Gasteiger partial charge on any atom is 0.306 e. The second-order valence-corrected chi connectivity index (χ2v) is 28.0. The van der Waals surface area contributed by atoms with Crippen LogP contribution in [-0.2, 0) is 33.3 Å². The molecule has 0 aromatic carbocycles. The third-order valence-electron chi connectivity index (χ3n) is 17.5. The number of hydrogen-bond acceptors (Lipinski definition) is 8. The Morgan fingerprint density at radius 1 is 0.326 bits per heavy atom. The number of hydrogen-bond donors (Lipinski definition) is 0. The number of carbonyl (C=O) groups is 3. The highest BCUT2D eigenvalue weighted by molar-refractivity contribution is 5.70. The molecule has 95 heavy (non-hydrogen) atoms. The lowest BCUT2D eigenvalue weighted by Crippen LogP contribution is -2.44. The standard InChI is InChI=1S/C86H151NO8/c1-6-8-10-12-14-16-18-20-22-24-26-28-30-32-34-36-38-39-40-41-42-43-44-45-47-49-51-53-55-57-59-61-63-65-67-69-71-73-75-77-84(89)95-82(81-94-86(85(90)91)92-79-78-87(3,4)5)80-93-83(88)76-74-72-70-68-66-64-62-60-58-56-54-52-50-48-46-37-35-33-31-29-27-25-23-21-19-17-15-13-11-9-7-2/h8,10,14,16,20,22,25-28,32,34,38-39,41-42,44-45,82,86H,6-7,9,11-13,15,17-19,21,23-24,29-31,33,35-37,40,43,46-81H2,1-5H3/b10-8-,16-14-,22-20-,27-25-,28-26-,34-32-,39-38-,42-41-,45-44-. The number of carboxylic acid groups (broad SMARTS) is 1. The van der Waals surface area contributed by atoms with Gasteiger partial charge in [0.1, 0.15) is 13.2 Å². The summed E-state index contributed by atoms with van der Waals surface area (Å²) in [5.41, 5.74) is 0. The summed E-state index contributed by atoms with van der Waals surface area (Å²) in [5.74, 6) is -2.27. The van der Waals surface area contributed by atoms with Crippen LogP contribution in [0.5, 0.6) is 0 Å². The lowest BCUT2D eigenvalue weighted by atomic mass is 10.0. The van der Waals surface area contributed by atoms with Crippen molar-refractivity contribution in [3.05, 3.63) is 109 Å². The number of rotatable bonds is 74. The summed E-state index contributed by atoms with van der Waals surface area (Å²) < 4.78 is 22.9. The molecule has 0 bridgehead atoms. The molecule has 0 aliphatic heterocycles. The molecule has 0 heterocycles. The van der Waals surface area contributed by atoms with Crippen molar-refractivity contribution in [3.63, 3.8) is 0 Å². The second kappa shape index (κ2) is 75.7. The molecular weight excluding hydrogens is 1170 g/mol. The van der Waals surface area contributed by atoms with Crippen LogP contribution >= 0.6 is 0 Å². The van der Waals surface area contributed by atoms with Crippen molar-refractivity contribution in [2.45, 2.75) is 373 Å². The Morgan fingerprint density at radius 2 is 0.600 bits per heavy atom. The van der Waals surface area contributed by atoms with E-state index < -0.39 is 24.3 Å². The van der Waals surface area contributed by atoms with Gasteiger partial charge in [0.2, 0.25) is 0 Å². The van der Waals surface area contributed by atoms with E-state index in [4.69, 9.17) is 18.9 Å². The van der Waals surface area contributed by atoms with E-state index in [1.165, 1.54) is 238 Å².